The van der Waals surface area contributed by atoms with Gasteiger partial charge in [-0.1, -0.05) is 70.8 Å². The molecular formula is C28H44F2O. The molecule has 0 bridgehead atoms. The Kier molecular flexibility index (Phi) is 10.1. The minimum absolute atomic E-state index is 0.0372. The Labute approximate surface area is 189 Å². The van der Waals surface area contributed by atoms with Crippen LogP contribution in [-0.4, -0.2) is 6.61 Å². The summed E-state index contributed by atoms with van der Waals surface area (Å²) in [6, 6.07) is 3.36. The molecule has 0 unspecified atom stereocenters. The van der Waals surface area contributed by atoms with Crippen LogP contribution in [0.15, 0.2) is 12.1 Å². The van der Waals surface area contributed by atoms with Gasteiger partial charge in [0.05, 0.1) is 6.61 Å². The molecule has 2 aliphatic carbocycles. The summed E-state index contributed by atoms with van der Waals surface area (Å²) in [5.41, 5.74) is 0.557. The van der Waals surface area contributed by atoms with Crippen LogP contribution in [-0.2, 0) is 0 Å². The van der Waals surface area contributed by atoms with Crippen molar-refractivity contribution in [2.45, 2.75) is 116 Å². The quantitative estimate of drug-likeness (QED) is 0.315. The van der Waals surface area contributed by atoms with Crippen molar-refractivity contribution < 1.29 is 13.5 Å². The number of benzene rings is 1. The zero-order valence-electron chi connectivity index (χ0n) is 19.9. The lowest BCUT2D eigenvalue weighted by molar-refractivity contribution is 0.155. The van der Waals surface area contributed by atoms with Crippen molar-refractivity contribution in [2.24, 2.45) is 17.8 Å². The topological polar surface area (TPSA) is 9.23 Å². The molecule has 0 aliphatic heterocycles. The van der Waals surface area contributed by atoms with E-state index in [2.05, 4.69) is 6.92 Å². The van der Waals surface area contributed by atoms with Crippen LogP contribution in [0.2, 0.25) is 0 Å². The first-order valence-electron chi connectivity index (χ1n) is 13.2. The fourth-order valence-electron chi connectivity index (χ4n) is 6.19. The van der Waals surface area contributed by atoms with Crippen LogP contribution in [0.3, 0.4) is 0 Å². The molecule has 0 saturated heterocycles. The van der Waals surface area contributed by atoms with E-state index < -0.39 is 11.6 Å². The lowest BCUT2D eigenvalue weighted by Crippen LogP contribution is -2.25. The van der Waals surface area contributed by atoms with E-state index in [1.807, 2.05) is 0 Å². The van der Waals surface area contributed by atoms with Gasteiger partial charge in [-0.15, -0.1) is 0 Å². The predicted octanol–water partition coefficient (Wildman–Crippen LogP) is 9.19. The number of hydrogen-bond acceptors (Lipinski definition) is 1. The molecule has 3 rings (SSSR count). The van der Waals surface area contributed by atoms with E-state index in [0.29, 0.717) is 12.2 Å². The monoisotopic (exact) mass is 434 g/mol. The summed E-state index contributed by atoms with van der Waals surface area (Å²) in [4.78, 5) is 0. The number of unbranched alkanes of at least 4 members (excludes halogenated alkanes) is 5. The highest BCUT2D eigenvalue weighted by atomic mass is 19.2. The molecule has 0 radical (unpaired) electrons. The van der Waals surface area contributed by atoms with Gasteiger partial charge in [-0.3, -0.25) is 0 Å². The molecule has 31 heavy (non-hydrogen) atoms. The number of hydrogen-bond donors (Lipinski definition) is 0. The lowest BCUT2D eigenvalue weighted by Gasteiger charge is -2.38. The second-order valence-electron chi connectivity index (χ2n) is 10.2. The molecule has 1 nitrogen and oxygen atoms in total. The van der Waals surface area contributed by atoms with Gasteiger partial charge >= 0.3 is 0 Å². The van der Waals surface area contributed by atoms with Crippen molar-refractivity contribution in [1.82, 2.24) is 0 Å². The van der Waals surface area contributed by atoms with Crippen molar-refractivity contribution in [2.75, 3.05) is 6.61 Å². The Morgan fingerprint density at radius 1 is 0.742 bits per heavy atom. The van der Waals surface area contributed by atoms with Crippen LogP contribution in [0, 0.1) is 29.4 Å². The highest BCUT2D eigenvalue weighted by Crippen LogP contribution is 2.45. The first-order chi connectivity index (χ1) is 15.1. The summed E-state index contributed by atoms with van der Waals surface area (Å²) < 4.78 is 34.1. The van der Waals surface area contributed by atoms with Crippen LogP contribution >= 0.6 is 0 Å². The Bertz CT molecular complexity index is 643. The third-order valence-corrected chi connectivity index (χ3v) is 8.11. The maximum Gasteiger partial charge on any atom is 0.200 e. The second-order valence-corrected chi connectivity index (χ2v) is 10.2. The van der Waals surface area contributed by atoms with Crippen molar-refractivity contribution in [3.8, 4) is 5.75 Å². The highest BCUT2D eigenvalue weighted by molar-refractivity contribution is 5.33. The summed E-state index contributed by atoms with van der Waals surface area (Å²) >= 11 is 0. The fraction of sp³-hybridized carbons (Fsp3) is 0.786. The van der Waals surface area contributed by atoms with Gasteiger partial charge in [0, 0.05) is 0 Å². The highest BCUT2D eigenvalue weighted by Gasteiger charge is 2.32. The number of rotatable bonds is 11. The summed E-state index contributed by atoms with van der Waals surface area (Å²) in [6.07, 6.45) is 19.8. The molecule has 2 saturated carbocycles. The molecule has 0 N–H and O–H groups in total. The Hall–Kier alpha value is -1.12. The van der Waals surface area contributed by atoms with Crippen LogP contribution in [0.5, 0.6) is 5.75 Å². The first-order valence-corrected chi connectivity index (χ1v) is 13.2. The fourth-order valence-corrected chi connectivity index (χ4v) is 6.19. The molecule has 0 heterocycles. The van der Waals surface area contributed by atoms with E-state index in [1.165, 1.54) is 83.5 Å². The van der Waals surface area contributed by atoms with Gasteiger partial charge in [0.2, 0.25) is 5.82 Å². The normalized spacial score (nSPS) is 26.7. The van der Waals surface area contributed by atoms with E-state index in [9.17, 15) is 8.78 Å². The average Bonchev–Trinajstić information content (AvgIpc) is 2.80. The molecular weight excluding hydrogens is 390 g/mol. The van der Waals surface area contributed by atoms with Crippen LogP contribution in [0.25, 0.3) is 0 Å². The molecule has 3 heteroatoms. The van der Waals surface area contributed by atoms with E-state index >= 15 is 0 Å². The Balaban J connectivity index is 1.38. The SMILES string of the molecule is CCCCCCCCC1CCC(C2CCC(c3ccc(OCC)c(F)c3F)CC2)CC1. The molecule has 2 fully saturated rings. The van der Waals surface area contributed by atoms with E-state index in [4.69, 9.17) is 4.74 Å². The minimum Gasteiger partial charge on any atom is -0.491 e. The van der Waals surface area contributed by atoms with Crippen molar-refractivity contribution in [3.63, 3.8) is 0 Å². The molecule has 176 valence electrons. The molecule has 0 atom stereocenters. The standard InChI is InChI=1S/C28H44F2O/c1-3-5-6-7-8-9-10-21-11-13-22(14-12-21)23-15-17-24(18-16-23)25-19-20-26(31-4-2)28(30)27(25)29/h19-24H,3-18H2,1-2H3. The smallest absolute Gasteiger partial charge is 0.200 e. The zero-order chi connectivity index (χ0) is 22.1. The Morgan fingerprint density at radius 3 is 2.00 bits per heavy atom. The number of halogens is 2. The van der Waals surface area contributed by atoms with Gasteiger partial charge in [-0.05, 0) is 80.8 Å². The van der Waals surface area contributed by atoms with E-state index in [1.54, 1.807) is 19.1 Å². The molecule has 1 aromatic rings. The van der Waals surface area contributed by atoms with Crippen LogP contribution < -0.4 is 4.74 Å². The molecule has 0 aromatic heterocycles. The maximum atomic E-state index is 14.6. The summed E-state index contributed by atoms with van der Waals surface area (Å²) in [5.74, 6) is 1.31. The van der Waals surface area contributed by atoms with Crippen molar-refractivity contribution >= 4 is 0 Å². The second kappa shape index (κ2) is 12.8. The summed E-state index contributed by atoms with van der Waals surface area (Å²) in [7, 11) is 0. The zero-order valence-corrected chi connectivity index (χ0v) is 19.9. The van der Waals surface area contributed by atoms with Gasteiger partial charge in [-0.25, -0.2) is 4.39 Å². The van der Waals surface area contributed by atoms with E-state index in [-0.39, 0.29) is 11.7 Å². The summed E-state index contributed by atoms with van der Waals surface area (Å²) in [6.45, 7) is 4.42. The van der Waals surface area contributed by atoms with E-state index in [0.717, 1.165) is 30.6 Å². The molecule has 0 spiro atoms. The van der Waals surface area contributed by atoms with Crippen molar-refractivity contribution in [1.29, 1.82) is 0 Å². The summed E-state index contributed by atoms with van der Waals surface area (Å²) in [5, 5.41) is 0. The predicted molar refractivity (Wildman–Crippen MR) is 126 cm³/mol. The van der Waals surface area contributed by atoms with Gasteiger partial charge in [-0.2, -0.15) is 4.39 Å². The number of ether oxygens (including phenoxy) is 1. The van der Waals surface area contributed by atoms with Gasteiger partial charge in [0.15, 0.2) is 11.6 Å². The largest absolute Gasteiger partial charge is 0.491 e. The van der Waals surface area contributed by atoms with Gasteiger partial charge in [0.25, 0.3) is 0 Å². The average molecular weight is 435 g/mol. The third-order valence-electron chi connectivity index (χ3n) is 8.11. The van der Waals surface area contributed by atoms with Gasteiger partial charge in [0.1, 0.15) is 0 Å². The van der Waals surface area contributed by atoms with Crippen LogP contribution in [0.1, 0.15) is 122 Å². The minimum atomic E-state index is -0.815. The Morgan fingerprint density at radius 2 is 1.35 bits per heavy atom. The van der Waals surface area contributed by atoms with Gasteiger partial charge < -0.3 is 4.74 Å². The van der Waals surface area contributed by atoms with Crippen molar-refractivity contribution in [3.05, 3.63) is 29.3 Å². The molecule has 2 aliphatic rings. The lowest BCUT2D eigenvalue weighted by atomic mass is 9.68. The van der Waals surface area contributed by atoms with Crippen LogP contribution in [0.4, 0.5) is 8.78 Å². The first kappa shape index (κ1) is 24.5. The maximum absolute atomic E-state index is 14.6. The third kappa shape index (κ3) is 6.93. The molecule has 0 amide bonds. The molecule has 1 aromatic carbocycles.